The van der Waals surface area contributed by atoms with E-state index >= 15 is 0 Å². The Morgan fingerprint density at radius 2 is 1.02 bits per heavy atom. The van der Waals surface area contributed by atoms with Gasteiger partial charge in [-0.2, -0.15) is 0 Å². The second-order valence-corrected chi connectivity index (χ2v) is 11.0. The van der Waals surface area contributed by atoms with Crippen molar-refractivity contribution >= 4 is 54.5 Å². The van der Waals surface area contributed by atoms with Crippen molar-refractivity contribution < 1.29 is 4.42 Å². The quantitative estimate of drug-likeness (QED) is 0.220. The molecule has 0 aliphatic carbocycles. The van der Waals surface area contributed by atoms with Crippen molar-refractivity contribution in [3.63, 3.8) is 0 Å². The van der Waals surface area contributed by atoms with Gasteiger partial charge in [-0.25, -0.2) is 0 Å². The van der Waals surface area contributed by atoms with Crippen LogP contribution in [0.5, 0.6) is 0 Å². The number of furan rings is 1. The van der Waals surface area contributed by atoms with Crippen LogP contribution in [-0.2, 0) is 0 Å². The molecule has 2 aromatic heterocycles. The second-order valence-electron chi connectivity index (χ2n) is 11.0. The van der Waals surface area contributed by atoms with Gasteiger partial charge in [0, 0.05) is 32.6 Å². The SMILES string of the molecule is c1ccc(-c2cc(-c3ccccc3)cc(-n3c4ccccc4c4cc5oc6c7ccccc7ccc6c5cc43)c2)cc1. The van der Waals surface area contributed by atoms with E-state index in [2.05, 4.69) is 156 Å². The summed E-state index contributed by atoms with van der Waals surface area (Å²) in [7, 11) is 0. The van der Waals surface area contributed by atoms with E-state index in [0.717, 1.165) is 33.0 Å². The number of fused-ring (bicyclic) bond motifs is 8. The highest BCUT2D eigenvalue weighted by atomic mass is 16.3. The maximum Gasteiger partial charge on any atom is 0.143 e. The van der Waals surface area contributed by atoms with E-state index in [1.54, 1.807) is 0 Å². The van der Waals surface area contributed by atoms with Crippen LogP contribution in [0.25, 0.3) is 82.5 Å². The van der Waals surface area contributed by atoms with E-state index in [1.807, 2.05) is 0 Å². The van der Waals surface area contributed by atoms with E-state index in [4.69, 9.17) is 4.42 Å². The standard InChI is InChI=1S/C40H25NO/c1-3-11-26(12-4-1)29-21-30(27-13-5-2-6-14-27)23-31(22-29)41-37-18-10-9-17-33(37)35-25-39-36(24-38(35)41)34-20-19-28-15-7-8-16-32(28)40(34)42-39/h1-25H. The Labute approximate surface area is 242 Å². The molecule has 0 spiro atoms. The summed E-state index contributed by atoms with van der Waals surface area (Å²) in [5.74, 6) is 0. The van der Waals surface area contributed by atoms with E-state index < -0.39 is 0 Å². The number of para-hydroxylation sites is 1. The first kappa shape index (κ1) is 23.1. The minimum atomic E-state index is 0.916. The largest absolute Gasteiger partial charge is 0.455 e. The van der Waals surface area contributed by atoms with Gasteiger partial charge in [0.05, 0.1) is 11.0 Å². The molecule has 2 nitrogen and oxygen atoms in total. The van der Waals surface area contributed by atoms with Crippen molar-refractivity contribution in [1.82, 2.24) is 4.57 Å². The minimum absolute atomic E-state index is 0.916. The Kier molecular flexibility index (Phi) is 4.93. The molecule has 0 amide bonds. The van der Waals surface area contributed by atoms with Crippen LogP contribution >= 0.6 is 0 Å². The molecule has 9 aromatic rings. The predicted octanol–water partition coefficient (Wildman–Crippen LogP) is 11.2. The molecule has 7 aromatic carbocycles. The number of benzene rings is 7. The third kappa shape index (κ3) is 3.45. The van der Waals surface area contributed by atoms with E-state index in [1.165, 1.54) is 49.4 Å². The van der Waals surface area contributed by atoms with Gasteiger partial charge in [-0.15, -0.1) is 0 Å². The van der Waals surface area contributed by atoms with Crippen LogP contribution in [0.2, 0.25) is 0 Å². The summed E-state index contributed by atoms with van der Waals surface area (Å²) in [6.45, 7) is 0. The molecule has 0 radical (unpaired) electrons. The molecular formula is C40H25NO. The normalized spacial score (nSPS) is 11.8. The first-order valence-electron chi connectivity index (χ1n) is 14.4. The lowest BCUT2D eigenvalue weighted by atomic mass is 9.98. The summed E-state index contributed by atoms with van der Waals surface area (Å²) in [6, 6.07) is 54.3. The number of aromatic nitrogens is 1. The molecule has 42 heavy (non-hydrogen) atoms. The van der Waals surface area contributed by atoms with Crippen LogP contribution in [0.4, 0.5) is 0 Å². The first-order valence-corrected chi connectivity index (χ1v) is 14.4. The summed E-state index contributed by atoms with van der Waals surface area (Å²) < 4.78 is 9.00. The zero-order valence-corrected chi connectivity index (χ0v) is 22.8. The van der Waals surface area contributed by atoms with Crippen LogP contribution in [-0.4, -0.2) is 4.57 Å². The average molecular weight is 536 g/mol. The van der Waals surface area contributed by atoms with Crippen molar-refractivity contribution in [3.8, 4) is 27.9 Å². The lowest BCUT2D eigenvalue weighted by molar-refractivity contribution is 0.673. The van der Waals surface area contributed by atoms with Gasteiger partial charge in [-0.3, -0.25) is 0 Å². The fraction of sp³-hybridized carbons (Fsp3) is 0. The lowest BCUT2D eigenvalue weighted by Gasteiger charge is -2.14. The Morgan fingerprint density at radius 1 is 0.381 bits per heavy atom. The van der Waals surface area contributed by atoms with Crippen molar-refractivity contribution in [2.45, 2.75) is 0 Å². The molecule has 0 atom stereocenters. The van der Waals surface area contributed by atoms with Crippen LogP contribution < -0.4 is 0 Å². The average Bonchev–Trinajstić information content (AvgIpc) is 3.59. The van der Waals surface area contributed by atoms with E-state index in [9.17, 15) is 0 Å². The predicted molar refractivity (Wildman–Crippen MR) is 176 cm³/mol. The third-order valence-corrected chi connectivity index (χ3v) is 8.55. The number of rotatable bonds is 3. The van der Waals surface area contributed by atoms with Crippen molar-refractivity contribution in [1.29, 1.82) is 0 Å². The molecule has 0 aliphatic heterocycles. The van der Waals surface area contributed by atoms with Crippen LogP contribution in [0.3, 0.4) is 0 Å². The second kappa shape index (κ2) is 8.95. The summed E-state index contributed by atoms with van der Waals surface area (Å²) in [5, 5.41) is 7.01. The fourth-order valence-corrected chi connectivity index (χ4v) is 6.58. The van der Waals surface area contributed by atoms with E-state index in [-0.39, 0.29) is 0 Å². The van der Waals surface area contributed by atoms with Crippen molar-refractivity contribution in [3.05, 3.63) is 152 Å². The fourth-order valence-electron chi connectivity index (χ4n) is 6.58. The Bertz CT molecular complexity index is 2390. The number of hydrogen-bond acceptors (Lipinski definition) is 1. The first-order chi connectivity index (χ1) is 20.8. The zero-order chi connectivity index (χ0) is 27.6. The lowest BCUT2D eigenvalue weighted by Crippen LogP contribution is -1.96. The highest BCUT2D eigenvalue weighted by Gasteiger charge is 2.18. The van der Waals surface area contributed by atoms with E-state index in [0.29, 0.717) is 0 Å². The van der Waals surface area contributed by atoms with Gasteiger partial charge < -0.3 is 8.98 Å². The van der Waals surface area contributed by atoms with Gasteiger partial charge in [-0.05, 0) is 70.1 Å². The molecule has 0 unspecified atom stereocenters. The zero-order valence-electron chi connectivity index (χ0n) is 22.8. The molecule has 0 bridgehead atoms. The van der Waals surface area contributed by atoms with Crippen molar-refractivity contribution in [2.24, 2.45) is 0 Å². The molecular weight excluding hydrogens is 510 g/mol. The highest BCUT2D eigenvalue weighted by molar-refractivity contribution is 6.20. The summed E-state index contributed by atoms with van der Waals surface area (Å²) >= 11 is 0. The van der Waals surface area contributed by atoms with Crippen LogP contribution in [0.15, 0.2) is 156 Å². The molecule has 0 aliphatic rings. The van der Waals surface area contributed by atoms with Gasteiger partial charge in [0.15, 0.2) is 0 Å². The number of nitrogens with zero attached hydrogens (tertiary/aromatic N) is 1. The van der Waals surface area contributed by atoms with Gasteiger partial charge in [0.2, 0.25) is 0 Å². The Balaban J connectivity index is 1.39. The third-order valence-electron chi connectivity index (χ3n) is 8.55. The monoisotopic (exact) mass is 535 g/mol. The molecule has 2 heteroatoms. The number of hydrogen-bond donors (Lipinski definition) is 0. The van der Waals surface area contributed by atoms with Crippen LogP contribution in [0, 0.1) is 0 Å². The molecule has 9 rings (SSSR count). The Morgan fingerprint density at radius 3 is 1.76 bits per heavy atom. The van der Waals surface area contributed by atoms with Crippen LogP contribution in [0.1, 0.15) is 0 Å². The van der Waals surface area contributed by atoms with Gasteiger partial charge in [0.1, 0.15) is 11.2 Å². The highest BCUT2D eigenvalue weighted by Crippen LogP contribution is 2.41. The molecule has 2 heterocycles. The van der Waals surface area contributed by atoms with Gasteiger partial charge in [-0.1, -0.05) is 109 Å². The maximum absolute atomic E-state index is 6.58. The Hall–Kier alpha value is -5.60. The summed E-state index contributed by atoms with van der Waals surface area (Å²) in [6.07, 6.45) is 0. The maximum atomic E-state index is 6.58. The smallest absolute Gasteiger partial charge is 0.143 e. The topological polar surface area (TPSA) is 18.1 Å². The molecule has 0 saturated carbocycles. The van der Waals surface area contributed by atoms with Crippen molar-refractivity contribution in [2.75, 3.05) is 0 Å². The molecule has 0 saturated heterocycles. The van der Waals surface area contributed by atoms with Gasteiger partial charge >= 0.3 is 0 Å². The molecule has 196 valence electrons. The summed E-state index contributed by atoms with van der Waals surface area (Å²) in [5.41, 5.74) is 10.1. The minimum Gasteiger partial charge on any atom is -0.455 e. The molecule has 0 fully saturated rings. The summed E-state index contributed by atoms with van der Waals surface area (Å²) in [4.78, 5) is 0. The van der Waals surface area contributed by atoms with Gasteiger partial charge in [0.25, 0.3) is 0 Å². The molecule has 0 N–H and O–H groups in total.